The topological polar surface area (TPSA) is 47.0 Å². The Morgan fingerprint density at radius 1 is 1.26 bits per heavy atom. The van der Waals surface area contributed by atoms with Gasteiger partial charge in [-0.2, -0.15) is 0 Å². The van der Waals surface area contributed by atoms with E-state index in [4.69, 9.17) is 4.74 Å². The van der Waals surface area contributed by atoms with Crippen LogP contribution in [0.5, 0.6) is 0 Å². The molecule has 1 N–H and O–H groups in total. The van der Waals surface area contributed by atoms with E-state index < -0.39 is 5.60 Å². The molecule has 0 saturated carbocycles. The monoisotopic (exact) mass is 329 g/mol. The average molecular weight is 330 g/mol. The van der Waals surface area contributed by atoms with Gasteiger partial charge in [0.1, 0.15) is 11.4 Å². The van der Waals surface area contributed by atoms with Gasteiger partial charge in [0, 0.05) is 13.2 Å². The van der Waals surface area contributed by atoms with Crippen molar-refractivity contribution in [3.63, 3.8) is 0 Å². The molecule has 0 aliphatic carbocycles. The zero-order chi connectivity index (χ0) is 14.5. The Bertz CT molecular complexity index is 425. The van der Waals surface area contributed by atoms with Crippen molar-refractivity contribution in [1.82, 2.24) is 9.97 Å². The maximum atomic E-state index is 5.85. The van der Waals surface area contributed by atoms with E-state index in [9.17, 15) is 0 Å². The van der Waals surface area contributed by atoms with Gasteiger partial charge in [-0.15, -0.1) is 0 Å². The van der Waals surface area contributed by atoms with Crippen LogP contribution in [0.1, 0.15) is 52.1 Å². The van der Waals surface area contributed by atoms with Crippen molar-refractivity contribution in [1.29, 1.82) is 0 Å². The largest absolute Gasteiger partial charge is 0.369 e. The summed E-state index contributed by atoms with van der Waals surface area (Å²) in [4.78, 5) is 9.22. The van der Waals surface area contributed by atoms with Gasteiger partial charge in [0.05, 0.1) is 10.2 Å². The number of rotatable bonds is 7. The van der Waals surface area contributed by atoms with E-state index in [0.29, 0.717) is 6.61 Å². The lowest BCUT2D eigenvalue weighted by molar-refractivity contribution is -0.0390. The summed E-state index contributed by atoms with van der Waals surface area (Å²) >= 11 is 3.54. The molecule has 0 aromatic carbocycles. The van der Waals surface area contributed by atoms with Gasteiger partial charge in [0.25, 0.3) is 0 Å². The number of ether oxygens (including phenoxy) is 1. The molecule has 0 bridgehead atoms. The highest BCUT2D eigenvalue weighted by molar-refractivity contribution is 9.10. The molecule has 1 rings (SSSR count). The lowest BCUT2D eigenvalue weighted by atomic mass is 10.0. The Balaban J connectivity index is 3.17. The third kappa shape index (κ3) is 3.89. The number of aromatic nitrogens is 2. The first-order chi connectivity index (χ1) is 8.98. The highest BCUT2D eigenvalue weighted by Gasteiger charge is 2.29. The van der Waals surface area contributed by atoms with Gasteiger partial charge in [0.2, 0.25) is 0 Å². The number of nitrogens with zero attached hydrogens (tertiary/aromatic N) is 2. The van der Waals surface area contributed by atoms with E-state index in [1.54, 1.807) is 0 Å². The second-order valence-electron chi connectivity index (χ2n) is 4.74. The fourth-order valence-electron chi connectivity index (χ4n) is 1.80. The van der Waals surface area contributed by atoms with Crippen molar-refractivity contribution in [2.75, 3.05) is 18.5 Å². The molecule has 5 heteroatoms. The van der Waals surface area contributed by atoms with Gasteiger partial charge in [-0.25, -0.2) is 9.97 Å². The van der Waals surface area contributed by atoms with Crippen LogP contribution in [0.4, 0.5) is 5.82 Å². The molecule has 4 nitrogen and oxygen atoms in total. The summed E-state index contributed by atoms with van der Waals surface area (Å²) in [6.07, 6.45) is 1.90. The van der Waals surface area contributed by atoms with Gasteiger partial charge in [-0.3, -0.25) is 0 Å². The van der Waals surface area contributed by atoms with Crippen molar-refractivity contribution in [2.24, 2.45) is 0 Å². The van der Waals surface area contributed by atoms with Crippen molar-refractivity contribution in [2.45, 2.75) is 53.1 Å². The third-order valence-electron chi connectivity index (χ3n) is 3.17. The van der Waals surface area contributed by atoms with Crippen LogP contribution < -0.4 is 5.32 Å². The van der Waals surface area contributed by atoms with Crippen LogP contribution in [0.15, 0.2) is 4.47 Å². The van der Waals surface area contributed by atoms with Gasteiger partial charge in [-0.05, 0) is 49.5 Å². The predicted molar refractivity (Wildman–Crippen MR) is 82.5 cm³/mol. The molecule has 1 atom stereocenters. The molecule has 0 spiro atoms. The van der Waals surface area contributed by atoms with Crippen molar-refractivity contribution in [3.05, 3.63) is 16.0 Å². The first-order valence-electron chi connectivity index (χ1n) is 6.90. The Labute approximate surface area is 124 Å². The lowest BCUT2D eigenvalue weighted by Crippen LogP contribution is -2.28. The van der Waals surface area contributed by atoms with Crippen molar-refractivity contribution in [3.8, 4) is 0 Å². The van der Waals surface area contributed by atoms with Crippen LogP contribution in [0.25, 0.3) is 0 Å². The number of hydrogen-bond acceptors (Lipinski definition) is 4. The van der Waals surface area contributed by atoms with Crippen molar-refractivity contribution < 1.29 is 4.74 Å². The van der Waals surface area contributed by atoms with E-state index in [0.717, 1.165) is 41.2 Å². The molecule has 0 amide bonds. The Morgan fingerprint density at radius 3 is 2.47 bits per heavy atom. The van der Waals surface area contributed by atoms with Crippen LogP contribution in [-0.2, 0) is 10.3 Å². The Kier molecular flexibility index (Phi) is 6.20. The summed E-state index contributed by atoms with van der Waals surface area (Å²) < 4.78 is 6.78. The summed E-state index contributed by atoms with van der Waals surface area (Å²) in [5.41, 5.74) is 0.506. The molecule has 0 radical (unpaired) electrons. The van der Waals surface area contributed by atoms with Crippen LogP contribution in [0, 0.1) is 6.92 Å². The van der Waals surface area contributed by atoms with Crippen LogP contribution in [0.2, 0.25) is 0 Å². The number of aryl methyl sites for hydroxylation is 1. The Hall–Kier alpha value is -0.680. The van der Waals surface area contributed by atoms with Crippen LogP contribution >= 0.6 is 15.9 Å². The number of anilines is 1. The summed E-state index contributed by atoms with van der Waals surface area (Å²) in [6, 6.07) is 0. The summed E-state index contributed by atoms with van der Waals surface area (Å²) in [6.45, 7) is 11.8. The highest BCUT2D eigenvalue weighted by atomic mass is 79.9. The summed E-state index contributed by atoms with van der Waals surface area (Å²) in [7, 11) is 0. The van der Waals surface area contributed by atoms with Gasteiger partial charge < -0.3 is 10.1 Å². The zero-order valence-corrected chi connectivity index (χ0v) is 14.1. The average Bonchev–Trinajstić information content (AvgIpc) is 2.40. The van der Waals surface area contributed by atoms with Gasteiger partial charge in [-0.1, -0.05) is 13.8 Å². The number of nitrogens with one attached hydrogen (secondary N) is 1. The lowest BCUT2D eigenvalue weighted by Gasteiger charge is -2.27. The van der Waals surface area contributed by atoms with E-state index >= 15 is 0 Å². The standard InChI is InChI=1S/C14H24BrN3O/c1-6-9-16-12-11(15)10(4)17-13(18-12)14(5,7-2)19-8-3/h6-9H2,1-5H3,(H,16,17,18). The fraction of sp³-hybridized carbons (Fsp3) is 0.714. The maximum Gasteiger partial charge on any atom is 0.162 e. The minimum Gasteiger partial charge on any atom is -0.369 e. The molecule has 1 aromatic rings. The van der Waals surface area contributed by atoms with E-state index in [2.05, 4.69) is 45.1 Å². The van der Waals surface area contributed by atoms with E-state index in [1.165, 1.54) is 0 Å². The van der Waals surface area contributed by atoms with Gasteiger partial charge >= 0.3 is 0 Å². The Morgan fingerprint density at radius 2 is 1.95 bits per heavy atom. The minimum absolute atomic E-state index is 0.428. The molecule has 1 aromatic heterocycles. The van der Waals surface area contributed by atoms with Gasteiger partial charge in [0.15, 0.2) is 5.82 Å². The molecule has 0 fully saturated rings. The first-order valence-corrected chi connectivity index (χ1v) is 7.70. The molecule has 0 aliphatic rings. The van der Waals surface area contributed by atoms with E-state index in [-0.39, 0.29) is 0 Å². The molecule has 0 saturated heterocycles. The first kappa shape index (κ1) is 16.4. The summed E-state index contributed by atoms with van der Waals surface area (Å²) in [5.74, 6) is 1.60. The number of halogens is 1. The minimum atomic E-state index is -0.428. The second-order valence-corrected chi connectivity index (χ2v) is 5.53. The molecule has 19 heavy (non-hydrogen) atoms. The predicted octanol–water partition coefficient (Wildman–Crippen LogP) is 4.03. The molecule has 0 aliphatic heterocycles. The molecular formula is C14H24BrN3O. The quantitative estimate of drug-likeness (QED) is 0.820. The third-order valence-corrected chi connectivity index (χ3v) is 4.12. The smallest absolute Gasteiger partial charge is 0.162 e. The normalized spacial score (nSPS) is 14.2. The zero-order valence-electron chi connectivity index (χ0n) is 12.5. The molecule has 108 valence electrons. The van der Waals surface area contributed by atoms with Crippen LogP contribution in [-0.4, -0.2) is 23.1 Å². The second kappa shape index (κ2) is 7.20. The molecule has 1 unspecified atom stereocenters. The maximum absolute atomic E-state index is 5.85. The van der Waals surface area contributed by atoms with Crippen molar-refractivity contribution >= 4 is 21.7 Å². The molecular weight excluding hydrogens is 306 g/mol. The SMILES string of the molecule is CCCNc1nc(C(C)(CC)OCC)nc(C)c1Br. The fourth-order valence-corrected chi connectivity index (χ4v) is 2.12. The van der Waals surface area contributed by atoms with Crippen LogP contribution in [0.3, 0.4) is 0 Å². The highest BCUT2D eigenvalue weighted by Crippen LogP contribution is 2.30. The number of hydrogen-bond donors (Lipinski definition) is 1. The molecule has 1 heterocycles. The van der Waals surface area contributed by atoms with E-state index in [1.807, 2.05) is 20.8 Å². The summed E-state index contributed by atoms with van der Waals surface area (Å²) in [5, 5.41) is 3.33.